The van der Waals surface area contributed by atoms with Crippen molar-refractivity contribution in [3.63, 3.8) is 0 Å². The summed E-state index contributed by atoms with van der Waals surface area (Å²) in [6.45, 7) is 2.15. The molecule has 0 aliphatic heterocycles. The fourth-order valence-corrected chi connectivity index (χ4v) is 10.5. The van der Waals surface area contributed by atoms with Gasteiger partial charge < -0.3 is 4.57 Å². The minimum Gasteiger partial charge on any atom is -0.309 e. The molecule has 0 aliphatic rings. The summed E-state index contributed by atoms with van der Waals surface area (Å²) < 4.78 is 6.59. The SMILES string of the molecule is C/C=C\c1c(CCc2cccc3c2sc2ccccc23)c2ccc(-n3c4ccccc4c4ccccc43)cc2c2cc(-c3ccccc3)sc12. The van der Waals surface area contributed by atoms with E-state index in [1.54, 1.807) is 0 Å². The maximum absolute atomic E-state index is 2.45. The van der Waals surface area contributed by atoms with E-state index in [9.17, 15) is 0 Å². The van der Waals surface area contributed by atoms with Crippen molar-refractivity contribution in [1.82, 2.24) is 4.57 Å². The van der Waals surface area contributed by atoms with Crippen molar-refractivity contribution >= 4 is 91.6 Å². The van der Waals surface area contributed by atoms with Gasteiger partial charge >= 0.3 is 0 Å². The van der Waals surface area contributed by atoms with Gasteiger partial charge in [-0.25, -0.2) is 0 Å². The number of nitrogens with zero attached hydrogens (tertiary/aromatic N) is 1. The first-order valence-corrected chi connectivity index (χ1v) is 19.0. The van der Waals surface area contributed by atoms with E-state index in [2.05, 4.69) is 169 Å². The molecule has 0 saturated carbocycles. The molecular formula is C47H33NS2. The zero-order chi connectivity index (χ0) is 33.2. The Kier molecular flexibility index (Phi) is 6.97. The van der Waals surface area contributed by atoms with Gasteiger partial charge in [0.25, 0.3) is 0 Å². The smallest absolute Gasteiger partial charge is 0.0541 e. The summed E-state index contributed by atoms with van der Waals surface area (Å²) in [4.78, 5) is 1.31. The van der Waals surface area contributed by atoms with Crippen molar-refractivity contribution in [2.24, 2.45) is 0 Å². The predicted octanol–water partition coefficient (Wildman–Crippen LogP) is 14.0. The highest BCUT2D eigenvalue weighted by Gasteiger charge is 2.19. The average molecular weight is 676 g/mol. The second kappa shape index (κ2) is 11.8. The number of hydrogen-bond donors (Lipinski definition) is 0. The fraction of sp³-hybridized carbons (Fsp3) is 0.0638. The normalized spacial score (nSPS) is 12.2. The first-order chi connectivity index (χ1) is 24.8. The summed E-state index contributed by atoms with van der Waals surface area (Å²) in [6.07, 6.45) is 6.52. The molecule has 0 atom stereocenters. The van der Waals surface area contributed by atoms with E-state index < -0.39 is 0 Å². The van der Waals surface area contributed by atoms with Gasteiger partial charge in [-0.2, -0.15) is 0 Å². The quantitative estimate of drug-likeness (QED) is 0.165. The number of thiophene rings is 2. The van der Waals surface area contributed by atoms with Crippen LogP contribution in [0.15, 0.2) is 152 Å². The molecule has 0 amide bonds. The van der Waals surface area contributed by atoms with E-state index in [-0.39, 0.29) is 0 Å². The highest BCUT2D eigenvalue weighted by Crippen LogP contribution is 2.44. The lowest BCUT2D eigenvalue weighted by Crippen LogP contribution is -1.99. The fourth-order valence-electron chi connectivity index (χ4n) is 8.05. The molecule has 10 aromatic rings. The zero-order valence-electron chi connectivity index (χ0n) is 27.7. The summed E-state index contributed by atoms with van der Waals surface area (Å²) in [7, 11) is 0. The molecular weight excluding hydrogens is 643 g/mol. The zero-order valence-corrected chi connectivity index (χ0v) is 29.3. The molecule has 0 unspecified atom stereocenters. The molecule has 0 aliphatic carbocycles. The second-order valence-electron chi connectivity index (χ2n) is 13.1. The van der Waals surface area contributed by atoms with E-state index in [1.807, 2.05) is 22.7 Å². The molecule has 10 rings (SSSR count). The number of benzene rings is 7. The third-order valence-electron chi connectivity index (χ3n) is 10.3. The molecule has 3 aromatic heterocycles. The molecule has 3 heteroatoms. The Morgan fingerprint density at radius 1 is 0.520 bits per heavy atom. The Bertz CT molecular complexity index is 2880. The average Bonchev–Trinajstić information content (AvgIpc) is 3.88. The number of aryl methyl sites for hydroxylation is 2. The number of hydrogen-bond acceptors (Lipinski definition) is 2. The van der Waals surface area contributed by atoms with E-state index in [1.165, 1.54) is 95.7 Å². The Hall–Kier alpha value is -5.48. The summed E-state index contributed by atoms with van der Waals surface area (Å²) in [5.41, 5.74) is 9.16. The predicted molar refractivity (Wildman–Crippen MR) is 221 cm³/mol. The van der Waals surface area contributed by atoms with E-state index >= 15 is 0 Å². The number of rotatable bonds is 6. The number of fused-ring (bicyclic) bond motifs is 9. The molecule has 238 valence electrons. The number of aromatic nitrogens is 1. The lowest BCUT2D eigenvalue weighted by Gasteiger charge is -2.16. The Morgan fingerprint density at radius 2 is 1.22 bits per heavy atom. The lowest BCUT2D eigenvalue weighted by molar-refractivity contribution is 0.979. The molecule has 1 nitrogen and oxygen atoms in total. The van der Waals surface area contributed by atoms with E-state index in [0.29, 0.717) is 0 Å². The largest absolute Gasteiger partial charge is 0.309 e. The molecule has 0 saturated heterocycles. The van der Waals surface area contributed by atoms with Crippen molar-refractivity contribution < 1.29 is 0 Å². The van der Waals surface area contributed by atoms with Gasteiger partial charge in [-0.05, 0) is 89.2 Å². The molecule has 0 N–H and O–H groups in total. The van der Waals surface area contributed by atoms with Crippen LogP contribution in [0.3, 0.4) is 0 Å². The summed E-state index contributed by atoms with van der Waals surface area (Å²) in [6, 6.07) is 53.8. The molecule has 0 fully saturated rings. The van der Waals surface area contributed by atoms with Crippen LogP contribution < -0.4 is 0 Å². The van der Waals surface area contributed by atoms with Crippen LogP contribution in [0, 0.1) is 0 Å². The van der Waals surface area contributed by atoms with Crippen LogP contribution in [0.1, 0.15) is 23.6 Å². The minimum absolute atomic E-state index is 0.965. The first kappa shape index (κ1) is 29.4. The van der Waals surface area contributed by atoms with Gasteiger partial charge in [-0.3, -0.25) is 0 Å². The first-order valence-electron chi connectivity index (χ1n) is 17.3. The summed E-state index contributed by atoms with van der Waals surface area (Å²) >= 11 is 3.86. The van der Waals surface area contributed by atoms with Gasteiger partial charge in [0.1, 0.15) is 0 Å². The standard InChI is InChI=1S/C47H33NS2/c1-2-13-38-33(26-24-31-16-12-20-39-37-19-8-11-23-44(37)49-46(31)39)34-27-25-32(48-42-21-9-6-17-35(42)36-18-7-10-22-43(36)48)28-40(34)41-29-45(50-47(38)41)30-14-4-3-5-15-30/h2-23,25,27-29H,24,26H2,1H3/b13-2-. The van der Waals surface area contributed by atoms with Crippen LogP contribution in [-0.2, 0) is 12.8 Å². The van der Waals surface area contributed by atoms with Crippen molar-refractivity contribution in [2.75, 3.05) is 0 Å². The van der Waals surface area contributed by atoms with Crippen molar-refractivity contribution in [3.8, 4) is 16.1 Å². The van der Waals surface area contributed by atoms with Crippen LogP contribution in [-0.4, -0.2) is 4.57 Å². The Balaban J connectivity index is 1.22. The molecule has 50 heavy (non-hydrogen) atoms. The second-order valence-corrected chi connectivity index (χ2v) is 15.2. The van der Waals surface area contributed by atoms with E-state index in [4.69, 9.17) is 0 Å². The molecule has 0 bridgehead atoms. The molecule has 0 spiro atoms. The van der Waals surface area contributed by atoms with Crippen LogP contribution in [0.5, 0.6) is 0 Å². The summed E-state index contributed by atoms with van der Waals surface area (Å²) in [5.74, 6) is 0. The highest BCUT2D eigenvalue weighted by molar-refractivity contribution is 7.26. The maximum Gasteiger partial charge on any atom is 0.0541 e. The Morgan fingerprint density at radius 3 is 2.00 bits per heavy atom. The van der Waals surface area contributed by atoms with Gasteiger partial charge in [0.05, 0.1) is 11.0 Å². The summed E-state index contributed by atoms with van der Waals surface area (Å²) in [5, 5.41) is 9.30. The maximum atomic E-state index is 2.45. The van der Waals surface area contributed by atoms with Gasteiger partial charge in [-0.15, -0.1) is 22.7 Å². The molecule has 7 aromatic carbocycles. The third-order valence-corrected chi connectivity index (χ3v) is 12.8. The van der Waals surface area contributed by atoms with Gasteiger partial charge in [0, 0.05) is 51.6 Å². The van der Waals surface area contributed by atoms with Crippen molar-refractivity contribution in [2.45, 2.75) is 19.8 Å². The van der Waals surface area contributed by atoms with Crippen LogP contribution >= 0.6 is 22.7 Å². The van der Waals surface area contributed by atoms with Crippen LogP contribution in [0.25, 0.3) is 85.0 Å². The third kappa shape index (κ3) is 4.58. The van der Waals surface area contributed by atoms with Crippen LogP contribution in [0.4, 0.5) is 0 Å². The molecule has 0 radical (unpaired) electrons. The monoisotopic (exact) mass is 675 g/mol. The highest BCUT2D eigenvalue weighted by atomic mass is 32.1. The topological polar surface area (TPSA) is 4.93 Å². The van der Waals surface area contributed by atoms with Gasteiger partial charge in [0.15, 0.2) is 0 Å². The lowest BCUT2D eigenvalue weighted by atomic mass is 9.91. The van der Waals surface area contributed by atoms with Crippen molar-refractivity contribution in [1.29, 1.82) is 0 Å². The van der Waals surface area contributed by atoms with E-state index in [0.717, 1.165) is 12.8 Å². The number of para-hydroxylation sites is 2. The van der Waals surface area contributed by atoms with Crippen molar-refractivity contribution in [3.05, 3.63) is 168 Å². The molecule has 3 heterocycles. The Labute approximate surface area is 299 Å². The van der Waals surface area contributed by atoms with Gasteiger partial charge in [-0.1, -0.05) is 121 Å². The minimum atomic E-state index is 0.965. The number of allylic oxidation sites excluding steroid dienone is 1. The van der Waals surface area contributed by atoms with Crippen LogP contribution in [0.2, 0.25) is 0 Å². The van der Waals surface area contributed by atoms with Gasteiger partial charge in [0.2, 0.25) is 0 Å².